The molecular weight excluding hydrogens is 407 g/mol. The van der Waals surface area contributed by atoms with Gasteiger partial charge in [0, 0.05) is 30.8 Å². The van der Waals surface area contributed by atoms with Gasteiger partial charge < -0.3 is 10.6 Å². The quantitative estimate of drug-likeness (QED) is 0.494. The maximum Gasteiger partial charge on any atom is 0.224 e. The van der Waals surface area contributed by atoms with Crippen LogP contribution in [-0.2, 0) is 17.9 Å². The van der Waals surface area contributed by atoms with E-state index in [0.717, 1.165) is 34.6 Å². The molecule has 1 amide bonds. The van der Waals surface area contributed by atoms with Gasteiger partial charge in [0.1, 0.15) is 5.15 Å². The average molecular weight is 431 g/mol. The Morgan fingerprint density at radius 1 is 1.07 bits per heavy atom. The van der Waals surface area contributed by atoms with Gasteiger partial charge in [0.25, 0.3) is 0 Å². The largest absolute Gasteiger partial charge is 0.326 e. The van der Waals surface area contributed by atoms with Crippen molar-refractivity contribution in [1.29, 1.82) is 0 Å². The summed E-state index contributed by atoms with van der Waals surface area (Å²) in [4.78, 5) is 11.7. The minimum absolute atomic E-state index is 0.0408. The first-order chi connectivity index (χ1) is 14.0. The average Bonchev–Trinajstić information content (AvgIpc) is 2.98. The van der Waals surface area contributed by atoms with Gasteiger partial charge in [0.2, 0.25) is 5.91 Å². The summed E-state index contributed by atoms with van der Waals surface area (Å²) in [6.45, 7) is 5.19. The van der Waals surface area contributed by atoms with E-state index in [1.165, 1.54) is 0 Å². The first kappa shape index (κ1) is 21.4. The molecule has 1 heterocycles. The number of benzene rings is 2. The number of nitrogens with zero attached hydrogens (tertiary/aromatic N) is 2. The van der Waals surface area contributed by atoms with Gasteiger partial charge in [-0.05, 0) is 43.2 Å². The van der Waals surface area contributed by atoms with Crippen LogP contribution in [-0.4, -0.2) is 15.7 Å². The van der Waals surface area contributed by atoms with Crippen molar-refractivity contribution in [2.45, 2.75) is 39.8 Å². The number of hydrogen-bond donors (Lipinski definition) is 2. The van der Waals surface area contributed by atoms with Crippen LogP contribution in [0.1, 0.15) is 36.6 Å². The number of para-hydroxylation sites is 1. The highest BCUT2D eigenvalue weighted by Crippen LogP contribution is 2.27. The third-order valence-corrected chi connectivity index (χ3v) is 5.26. The first-order valence-electron chi connectivity index (χ1n) is 9.58. The van der Waals surface area contributed by atoms with Gasteiger partial charge in [0.15, 0.2) is 0 Å². The second kappa shape index (κ2) is 9.92. The molecule has 3 rings (SSSR count). The van der Waals surface area contributed by atoms with E-state index in [0.29, 0.717) is 29.7 Å². The van der Waals surface area contributed by atoms with Crippen LogP contribution in [0.2, 0.25) is 10.2 Å². The van der Waals surface area contributed by atoms with E-state index < -0.39 is 0 Å². The molecule has 0 fully saturated rings. The Hall–Kier alpha value is -2.34. The molecule has 0 unspecified atom stereocenters. The Kier molecular flexibility index (Phi) is 7.31. The van der Waals surface area contributed by atoms with Crippen LogP contribution in [0.15, 0.2) is 48.5 Å². The molecule has 3 aromatic rings. The molecule has 0 saturated heterocycles. The molecule has 0 spiro atoms. The highest BCUT2D eigenvalue weighted by molar-refractivity contribution is 6.33. The maximum absolute atomic E-state index is 11.7. The summed E-state index contributed by atoms with van der Waals surface area (Å²) in [5.41, 5.74) is 4.48. The minimum atomic E-state index is 0.0408. The summed E-state index contributed by atoms with van der Waals surface area (Å²) < 4.78 is 1.67. The number of aromatic nitrogens is 2. The minimum Gasteiger partial charge on any atom is -0.326 e. The fourth-order valence-electron chi connectivity index (χ4n) is 3.00. The molecule has 0 radical (unpaired) electrons. The number of hydrogen-bond acceptors (Lipinski definition) is 3. The molecule has 0 aliphatic heterocycles. The van der Waals surface area contributed by atoms with Crippen molar-refractivity contribution in [3.63, 3.8) is 0 Å². The topological polar surface area (TPSA) is 59.0 Å². The van der Waals surface area contributed by atoms with Crippen LogP contribution in [0.3, 0.4) is 0 Å². The molecule has 29 heavy (non-hydrogen) atoms. The number of nitrogens with one attached hydrogen (secondary N) is 2. The van der Waals surface area contributed by atoms with Gasteiger partial charge in [-0.25, -0.2) is 4.68 Å². The third kappa shape index (κ3) is 5.38. The van der Waals surface area contributed by atoms with E-state index in [2.05, 4.69) is 15.7 Å². The van der Waals surface area contributed by atoms with Crippen molar-refractivity contribution in [3.8, 4) is 5.69 Å². The number of carbonyl (C=O) groups excluding carboxylic acids is 1. The summed E-state index contributed by atoms with van der Waals surface area (Å²) in [5.74, 6) is 0.0408. The second-order valence-electron chi connectivity index (χ2n) is 6.82. The molecule has 0 bridgehead atoms. The molecule has 0 saturated carbocycles. The number of anilines is 1. The lowest BCUT2D eigenvalue weighted by atomic mass is 10.2. The maximum atomic E-state index is 11.7. The van der Waals surface area contributed by atoms with Crippen LogP contribution < -0.4 is 10.6 Å². The van der Waals surface area contributed by atoms with E-state index in [1.54, 1.807) is 4.68 Å². The lowest BCUT2D eigenvalue weighted by molar-refractivity contribution is -0.116. The summed E-state index contributed by atoms with van der Waals surface area (Å²) in [6, 6.07) is 15.3. The fraction of sp³-hybridized carbons (Fsp3) is 0.273. The van der Waals surface area contributed by atoms with Crippen molar-refractivity contribution in [1.82, 2.24) is 15.1 Å². The van der Waals surface area contributed by atoms with E-state index in [9.17, 15) is 4.79 Å². The highest BCUT2D eigenvalue weighted by Gasteiger charge is 2.15. The zero-order valence-corrected chi connectivity index (χ0v) is 18.0. The lowest BCUT2D eigenvalue weighted by Crippen LogP contribution is -2.14. The van der Waals surface area contributed by atoms with Gasteiger partial charge in [0.05, 0.1) is 16.4 Å². The molecule has 7 heteroatoms. The molecule has 0 aliphatic carbocycles. The predicted molar refractivity (Wildman–Crippen MR) is 119 cm³/mol. The standard InChI is InChI=1S/C22H24Cl2N4O/c1-3-6-21(29)26-17-11-9-16(10-12-17)13-25-14-18-15(2)27-28(22(18)24)20-8-5-4-7-19(20)23/h4-5,7-12,25H,3,6,13-14H2,1-2H3,(H,26,29). The Morgan fingerprint density at radius 3 is 2.48 bits per heavy atom. The fourth-order valence-corrected chi connectivity index (χ4v) is 3.55. The van der Waals surface area contributed by atoms with Gasteiger partial charge in [-0.15, -0.1) is 0 Å². The number of halogens is 2. The summed E-state index contributed by atoms with van der Waals surface area (Å²) >= 11 is 12.9. The summed E-state index contributed by atoms with van der Waals surface area (Å²) in [6.07, 6.45) is 1.37. The van der Waals surface area contributed by atoms with E-state index in [4.69, 9.17) is 23.2 Å². The SMILES string of the molecule is CCCC(=O)Nc1ccc(CNCc2c(C)nn(-c3ccccc3Cl)c2Cl)cc1. The van der Waals surface area contributed by atoms with E-state index in [-0.39, 0.29) is 5.91 Å². The van der Waals surface area contributed by atoms with Gasteiger partial charge in [-0.1, -0.05) is 54.4 Å². The van der Waals surface area contributed by atoms with Gasteiger partial charge in [-0.2, -0.15) is 5.10 Å². The molecule has 2 N–H and O–H groups in total. The zero-order valence-electron chi connectivity index (χ0n) is 16.5. The van der Waals surface area contributed by atoms with Crippen LogP contribution >= 0.6 is 23.2 Å². The number of carbonyl (C=O) groups is 1. The summed E-state index contributed by atoms with van der Waals surface area (Å²) in [5, 5.41) is 12.0. The van der Waals surface area contributed by atoms with E-state index in [1.807, 2.05) is 62.4 Å². The van der Waals surface area contributed by atoms with Gasteiger partial charge in [-0.3, -0.25) is 4.79 Å². The van der Waals surface area contributed by atoms with Crippen LogP contribution in [0.5, 0.6) is 0 Å². The Morgan fingerprint density at radius 2 is 1.79 bits per heavy atom. The number of amides is 1. The van der Waals surface area contributed by atoms with Crippen LogP contribution in [0.25, 0.3) is 5.69 Å². The Bertz CT molecular complexity index is 983. The highest BCUT2D eigenvalue weighted by atomic mass is 35.5. The third-order valence-electron chi connectivity index (χ3n) is 4.55. The second-order valence-corrected chi connectivity index (χ2v) is 7.58. The molecule has 5 nitrogen and oxygen atoms in total. The molecular formula is C22H24Cl2N4O. The molecule has 0 aliphatic rings. The number of aryl methyl sites for hydroxylation is 1. The molecule has 1 aromatic heterocycles. The van der Waals surface area contributed by atoms with Gasteiger partial charge >= 0.3 is 0 Å². The molecule has 0 atom stereocenters. The smallest absolute Gasteiger partial charge is 0.224 e. The van der Waals surface area contributed by atoms with Crippen molar-refractivity contribution in [2.24, 2.45) is 0 Å². The van der Waals surface area contributed by atoms with Crippen molar-refractivity contribution < 1.29 is 4.79 Å². The predicted octanol–water partition coefficient (Wildman–Crippen LogP) is 5.52. The summed E-state index contributed by atoms with van der Waals surface area (Å²) in [7, 11) is 0. The monoisotopic (exact) mass is 430 g/mol. The zero-order chi connectivity index (χ0) is 20.8. The number of rotatable bonds is 8. The first-order valence-corrected chi connectivity index (χ1v) is 10.3. The molecule has 152 valence electrons. The van der Waals surface area contributed by atoms with Crippen LogP contribution in [0, 0.1) is 6.92 Å². The normalized spacial score (nSPS) is 10.9. The lowest BCUT2D eigenvalue weighted by Gasteiger charge is -2.08. The van der Waals surface area contributed by atoms with Crippen molar-refractivity contribution in [2.75, 3.05) is 5.32 Å². The van der Waals surface area contributed by atoms with E-state index >= 15 is 0 Å². The molecule has 2 aromatic carbocycles. The van der Waals surface area contributed by atoms with Crippen molar-refractivity contribution >= 4 is 34.8 Å². The Labute approximate surface area is 181 Å². The van der Waals surface area contributed by atoms with Crippen molar-refractivity contribution in [3.05, 3.63) is 75.5 Å². The Balaban J connectivity index is 1.61. The van der Waals surface area contributed by atoms with Crippen LogP contribution in [0.4, 0.5) is 5.69 Å².